The number of aromatic nitrogens is 4. The van der Waals surface area contributed by atoms with Crippen molar-refractivity contribution >= 4 is 69.0 Å². The molecule has 0 saturated carbocycles. The summed E-state index contributed by atoms with van der Waals surface area (Å²) in [5, 5.41) is 27.6. The molecule has 0 aliphatic heterocycles. The molecule has 0 aliphatic carbocycles. The Morgan fingerprint density at radius 1 is 0.907 bits per heavy atom. The van der Waals surface area contributed by atoms with Crippen LogP contribution in [0.3, 0.4) is 0 Å². The number of carbonyl (C=O) groups excluding carboxylic acids is 1. The molecule has 0 atom stereocenters. The van der Waals surface area contributed by atoms with E-state index in [9.17, 15) is 9.90 Å². The third kappa shape index (κ3) is 10.1. The van der Waals surface area contributed by atoms with E-state index in [-0.39, 0.29) is 39.7 Å². The molecule has 2 heterocycles. The molecule has 0 spiro atoms. The average Bonchev–Trinajstić information content (AvgIpc) is 3.38. The minimum atomic E-state index is -0.569. The highest BCUT2D eigenvalue weighted by Crippen LogP contribution is 2.29. The molecule has 0 radical (unpaired) electrons. The van der Waals surface area contributed by atoms with E-state index < -0.39 is 5.24 Å². The molecule has 15 heteroatoms. The van der Waals surface area contributed by atoms with Gasteiger partial charge in [-0.05, 0) is 74.0 Å². The van der Waals surface area contributed by atoms with Crippen molar-refractivity contribution in [2.45, 2.75) is 13.8 Å². The number of aliphatic hydroxyl groups excluding tert-OH is 1. The Labute approximate surface area is 272 Å². The highest BCUT2D eigenvalue weighted by atomic mass is 35.5. The van der Waals surface area contributed by atoms with Crippen molar-refractivity contribution in [1.82, 2.24) is 19.6 Å². The van der Waals surface area contributed by atoms with Crippen molar-refractivity contribution in [3.05, 3.63) is 109 Å². The lowest BCUT2D eigenvalue weighted by Crippen LogP contribution is -1.98. The van der Waals surface area contributed by atoms with Crippen LogP contribution in [-0.2, 0) is 14.1 Å². The van der Waals surface area contributed by atoms with E-state index in [1.54, 1.807) is 76.5 Å². The van der Waals surface area contributed by atoms with E-state index in [4.69, 9.17) is 79.3 Å². The van der Waals surface area contributed by atoms with Gasteiger partial charge in [0.15, 0.2) is 12.4 Å². The fraction of sp³-hybridized carbons (Fsp3) is 0.179. The third-order valence-corrected chi connectivity index (χ3v) is 6.75. The van der Waals surface area contributed by atoms with Gasteiger partial charge in [0.25, 0.3) is 5.24 Å². The second kappa shape index (κ2) is 16.7. The molecule has 0 fully saturated rings. The zero-order valence-corrected chi connectivity index (χ0v) is 26.9. The van der Waals surface area contributed by atoms with Gasteiger partial charge in [0.2, 0.25) is 0 Å². The van der Waals surface area contributed by atoms with E-state index >= 15 is 0 Å². The van der Waals surface area contributed by atoms with Crippen LogP contribution in [-0.4, -0.2) is 36.5 Å². The highest BCUT2D eigenvalue weighted by molar-refractivity contribution is 6.68. The number of rotatable bonds is 6. The van der Waals surface area contributed by atoms with Crippen molar-refractivity contribution < 1.29 is 19.4 Å². The van der Waals surface area contributed by atoms with Gasteiger partial charge in [-0.2, -0.15) is 20.3 Å². The molecule has 4 rings (SSSR count). The van der Waals surface area contributed by atoms with Crippen LogP contribution in [0, 0.1) is 31.8 Å². The lowest BCUT2D eigenvalue weighted by Gasteiger charge is -2.07. The van der Waals surface area contributed by atoms with Crippen molar-refractivity contribution in [3.8, 4) is 17.6 Å². The molecule has 0 aliphatic rings. The summed E-state index contributed by atoms with van der Waals surface area (Å²) in [6, 6.07) is 15.2. The Balaban J connectivity index is 0.000000247. The Morgan fingerprint density at radius 2 is 1.35 bits per heavy atom. The number of benzene rings is 2. The van der Waals surface area contributed by atoms with Gasteiger partial charge >= 0.3 is 5.88 Å². The minimum Gasteiger partial charge on any atom is -0.515 e. The summed E-state index contributed by atoms with van der Waals surface area (Å²) < 4.78 is 13.2. The predicted octanol–water partition coefficient (Wildman–Crippen LogP) is 8.22. The van der Waals surface area contributed by atoms with Crippen LogP contribution < -0.4 is 9.47 Å². The molecule has 2 aromatic carbocycles. The second-order valence-corrected chi connectivity index (χ2v) is 10.2. The second-order valence-electron chi connectivity index (χ2n) is 8.25. The molecular weight excluding hydrogens is 662 g/mol. The van der Waals surface area contributed by atoms with Crippen molar-refractivity contribution in [2.24, 2.45) is 14.1 Å². The predicted molar refractivity (Wildman–Crippen MR) is 167 cm³/mol. The Kier molecular flexibility index (Phi) is 13.7. The van der Waals surface area contributed by atoms with E-state index in [1.165, 1.54) is 9.36 Å². The number of aliphatic hydroxyl groups is 1. The van der Waals surface area contributed by atoms with Crippen LogP contribution in [0.1, 0.15) is 27.3 Å². The van der Waals surface area contributed by atoms with Crippen molar-refractivity contribution in [2.75, 3.05) is 6.61 Å². The molecule has 224 valence electrons. The summed E-state index contributed by atoms with van der Waals surface area (Å²) in [5.74, 6) is 0.413. The first kappa shape index (κ1) is 35.3. The maximum atomic E-state index is 10.7. The Bertz CT molecular complexity index is 1680. The number of halogens is 5. The quantitative estimate of drug-likeness (QED) is 0.123. The largest absolute Gasteiger partial charge is 0.515 e. The van der Waals surface area contributed by atoms with Gasteiger partial charge < -0.3 is 14.6 Å². The molecule has 0 saturated heterocycles. The molecule has 10 nitrogen and oxygen atoms in total. The highest BCUT2D eigenvalue weighted by Gasteiger charge is 2.20. The molecular formula is C28H23Cl5N6O4. The van der Waals surface area contributed by atoms with E-state index in [0.29, 0.717) is 32.9 Å². The standard InChI is InChI=1S/C14H11Cl2N3O2.C8H6ClNO.C6H6Cl2N2O/c1-8-11(13(16)19(3)18-8)12(20)14(17-2)21-10-6-4-9(15)5-7-10;9-7-1-3-8(4-2-7)11-6-5-10;1-3-4(6(8)11)5(7)10(2)9-3/h4-7,20H,1,3H3;1-4H,6H2;1-2H3/b14-12-;;. The number of carbonyl (C=O) groups is 1. The van der Waals surface area contributed by atoms with Crippen LogP contribution in [0.15, 0.2) is 54.4 Å². The molecule has 0 amide bonds. The molecule has 2 aromatic heterocycles. The van der Waals surface area contributed by atoms with Crippen LogP contribution >= 0.6 is 58.0 Å². The minimum absolute atomic E-state index is 0.0711. The summed E-state index contributed by atoms with van der Waals surface area (Å²) in [4.78, 5) is 13.9. The third-order valence-electron chi connectivity index (χ3n) is 5.19. The van der Waals surface area contributed by atoms with Gasteiger partial charge in [0.1, 0.15) is 27.9 Å². The summed E-state index contributed by atoms with van der Waals surface area (Å²) in [5.41, 5.74) is 1.62. The molecule has 0 bridgehead atoms. The van der Waals surface area contributed by atoms with Gasteiger partial charge in [-0.25, -0.2) is 0 Å². The number of hydrogen-bond donors (Lipinski definition) is 1. The Morgan fingerprint density at radius 3 is 1.70 bits per heavy atom. The van der Waals surface area contributed by atoms with E-state index in [2.05, 4.69) is 15.0 Å². The smallest absolute Gasteiger partial charge is 0.388 e. The Hall–Kier alpha value is -3.90. The molecule has 4 aromatic rings. The maximum absolute atomic E-state index is 10.7. The topological polar surface area (TPSA) is 120 Å². The normalized spacial score (nSPS) is 10.6. The zero-order valence-electron chi connectivity index (χ0n) is 23.1. The summed E-state index contributed by atoms with van der Waals surface area (Å²) in [6.07, 6.45) is 0. The van der Waals surface area contributed by atoms with Crippen LogP contribution in [0.2, 0.25) is 20.4 Å². The molecule has 0 unspecified atom stereocenters. The number of nitrogens with zero attached hydrogens (tertiary/aromatic N) is 6. The number of hydrogen-bond acceptors (Lipinski definition) is 7. The van der Waals surface area contributed by atoms with Gasteiger partial charge in [-0.15, -0.1) is 0 Å². The molecule has 1 N–H and O–H groups in total. The van der Waals surface area contributed by atoms with Crippen molar-refractivity contribution in [3.63, 3.8) is 0 Å². The summed E-state index contributed by atoms with van der Waals surface area (Å²) in [6.45, 7) is 10.6. The van der Waals surface area contributed by atoms with Crippen molar-refractivity contribution in [1.29, 1.82) is 5.26 Å². The first-order chi connectivity index (χ1) is 20.3. The SMILES string of the molecule is Cc1nn(C)c(Cl)c1C(=O)Cl.N#CCOc1ccc(Cl)cc1.[C-]#[N+]/C(Oc1ccc(Cl)cc1)=C(/O)c1c(C)nn(C)c1Cl. The first-order valence-electron chi connectivity index (χ1n) is 11.9. The number of nitriles is 1. The number of aryl methyl sites for hydroxylation is 4. The van der Waals surface area contributed by atoms with Gasteiger partial charge in [-0.1, -0.05) is 46.4 Å². The fourth-order valence-electron chi connectivity index (χ4n) is 3.24. The fourth-order valence-corrected chi connectivity index (χ4v) is 4.30. The summed E-state index contributed by atoms with van der Waals surface area (Å²) in [7, 11) is 3.29. The zero-order chi connectivity index (χ0) is 32.3. The lowest BCUT2D eigenvalue weighted by molar-refractivity contribution is 0.108. The summed E-state index contributed by atoms with van der Waals surface area (Å²) >= 11 is 28.4. The maximum Gasteiger partial charge on any atom is 0.388 e. The molecule has 43 heavy (non-hydrogen) atoms. The van der Waals surface area contributed by atoms with Crippen LogP contribution in [0.4, 0.5) is 0 Å². The van der Waals surface area contributed by atoms with Gasteiger partial charge in [0.05, 0.1) is 29.1 Å². The average molecular weight is 685 g/mol. The van der Waals surface area contributed by atoms with E-state index in [1.807, 2.05) is 6.07 Å². The van der Waals surface area contributed by atoms with Gasteiger partial charge in [-0.3, -0.25) is 14.2 Å². The lowest BCUT2D eigenvalue weighted by atomic mass is 10.2. The van der Waals surface area contributed by atoms with Gasteiger partial charge in [0, 0.05) is 24.1 Å². The van der Waals surface area contributed by atoms with E-state index in [0.717, 1.165) is 0 Å². The monoisotopic (exact) mass is 682 g/mol. The van der Waals surface area contributed by atoms with Crippen LogP contribution in [0.5, 0.6) is 11.5 Å². The first-order valence-corrected chi connectivity index (χ1v) is 13.8. The van der Waals surface area contributed by atoms with Crippen LogP contribution in [0.25, 0.3) is 10.6 Å². The number of ether oxygens (including phenoxy) is 2.